The van der Waals surface area contributed by atoms with Gasteiger partial charge in [0.1, 0.15) is 0 Å². The molecule has 0 spiro atoms. The van der Waals surface area contributed by atoms with E-state index in [1.807, 2.05) is 36.6 Å². The molecule has 0 aliphatic heterocycles. The molecule has 25 heavy (non-hydrogen) atoms. The Morgan fingerprint density at radius 2 is 2.04 bits per heavy atom. The Morgan fingerprint density at radius 1 is 1.32 bits per heavy atom. The number of amides is 2. The first-order valence-corrected chi connectivity index (χ1v) is 9.07. The largest absolute Gasteiger partial charge is 0.355 e. The Balaban J connectivity index is 1.74. The highest BCUT2D eigenvalue weighted by Crippen LogP contribution is 2.19. The van der Waals surface area contributed by atoms with Crippen molar-refractivity contribution in [3.63, 3.8) is 0 Å². The van der Waals surface area contributed by atoms with Crippen LogP contribution in [0.25, 0.3) is 0 Å². The molecule has 0 radical (unpaired) electrons. The highest BCUT2D eigenvalue weighted by molar-refractivity contribution is 7.09. The van der Waals surface area contributed by atoms with Crippen LogP contribution in [-0.4, -0.2) is 23.3 Å². The summed E-state index contributed by atoms with van der Waals surface area (Å²) in [5.74, 6) is 0.0104. The molecule has 132 valence electrons. The molecule has 6 heteroatoms. The second kappa shape index (κ2) is 9.13. The third kappa shape index (κ3) is 6.15. The van der Waals surface area contributed by atoms with Gasteiger partial charge in [0.05, 0.1) is 5.01 Å². The number of aryl methyl sites for hydroxylation is 2. The van der Waals surface area contributed by atoms with E-state index >= 15 is 0 Å². The van der Waals surface area contributed by atoms with Gasteiger partial charge >= 0.3 is 0 Å². The van der Waals surface area contributed by atoms with Crippen LogP contribution in [0.2, 0.25) is 0 Å². The van der Waals surface area contributed by atoms with Crippen LogP contribution in [0.4, 0.5) is 5.69 Å². The van der Waals surface area contributed by atoms with Gasteiger partial charge in [-0.15, -0.1) is 11.3 Å². The normalized spacial score (nSPS) is 11.6. The SMILES string of the molecule is C=CC(=O)Nc1ccc(CCC(=O)NCC(C)c2nc(C)cs2)cc1. The molecular weight excluding hydrogens is 334 g/mol. The Labute approximate surface area is 152 Å². The molecule has 2 N–H and O–H groups in total. The summed E-state index contributed by atoms with van der Waals surface area (Å²) in [5, 5.41) is 8.73. The Bertz CT molecular complexity index is 737. The monoisotopic (exact) mass is 357 g/mol. The number of anilines is 1. The zero-order chi connectivity index (χ0) is 18.2. The fourth-order valence-corrected chi connectivity index (χ4v) is 3.10. The first-order chi connectivity index (χ1) is 12.0. The molecule has 1 heterocycles. The third-order valence-electron chi connectivity index (χ3n) is 3.71. The van der Waals surface area contributed by atoms with Gasteiger partial charge in [-0.1, -0.05) is 25.6 Å². The molecule has 2 rings (SSSR count). The maximum Gasteiger partial charge on any atom is 0.247 e. The number of nitrogens with one attached hydrogen (secondary N) is 2. The van der Waals surface area contributed by atoms with Crippen molar-refractivity contribution in [3.05, 3.63) is 58.6 Å². The van der Waals surface area contributed by atoms with Crippen molar-refractivity contribution in [2.45, 2.75) is 32.6 Å². The number of aromatic nitrogens is 1. The summed E-state index contributed by atoms with van der Waals surface area (Å²) in [4.78, 5) is 27.7. The number of thiazole rings is 1. The fourth-order valence-electron chi connectivity index (χ4n) is 2.25. The summed E-state index contributed by atoms with van der Waals surface area (Å²) in [6, 6.07) is 7.46. The minimum Gasteiger partial charge on any atom is -0.355 e. The molecule has 0 bridgehead atoms. The quantitative estimate of drug-likeness (QED) is 0.711. The van der Waals surface area contributed by atoms with Crippen LogP contribution >= 0.6 is 11.3 Å². The van der Waals surface area contributed by atoms with Crippen LogP contribution in [0.5, 0.6) is 0 Å². The van der Waals surface area contributed by atoms with E-state index in [0.717, 1.165) is 16.3 Å². The van der Waals surface area contributed by atoms with Gasteiger partial charge in [-0.2, -0.15) is 0 Å². The van der Waals surface area contributed by atoms with Gasteiger partial charge in [0.15, 0.2) is 0 Å². The number of benzene rings is 1. The number of carbonyl (C=O) groups excluding carboxylic acids is 2. The van der Waals surface area contributed by atoms with E-state index in [0.29, 0.717) is 25.1 Å². The maximum absolute atomic E-state index is 12.0. The van der Waals surface area contributed by atoms with E-state index in [4.69, 9.17) is 0 Å². The molecule has 0 saturated carbocycles. The highest BCUT2D eigenvalue weighted by Gasteiger charge is 2.11. The van der Waals surface area contributed by atoms with Crippen molar-refractivity contribution >= 4 is 28.8 Å². The predicted molar refractivity (Wildman–Crippen MR) is 102 cm³/mol. The maximum atomic E-state index is 12.0. The molecule has 2 aromatic rings. The smallest absolute Gasteiger partial charge is 0.247 e. The Morgan fingerprint density at radius 3 is 2.64 bits per heavy atom. The van der Waals surface area contributed by atoms with Crippen LogP contribution in [-0.2, 0) is 16.0 Å². The second-order valence-electron chi connectivity index (χ2n) is 5.92. The lowest BCUT2D eigenvalue weighted by atomic mass is 10.1. The van der Waals surface area contributed by atoms with E-state index in [9.17, 15) is 9.59 Å². The van der Waals surface area contributed by atoms with E-state index in [2.05, 4.69) is 29.1 Å². The average molecular weight is 357 g/mol. The molecule has 0 saturated heterocycles. The van der Waals surface area contributed by atoms with Crippen molar-refractivity contribution in [2.24, 2.45) is 0 Å². The molecule has 0 aliphatic carbocycles. The standard InChI is InChI=1S/C19H23N3O2S/c1-4-17(23)22-16-8-5-15(6-9-16)7-10-18(24)20-11-13(2)19-21-14(3)12-25-19/h4-6,8-9,12-13H,1,7,10-11H2,2-3H3,(H,20,24)(H,22,23). The summed E-state index contributed by atoms with van der Waals surface area (Å²) >= 11 is 1.63. The van der Waals surface area contributed by atoms with Gasteiger partial charge in [0.25, 0.3) is 0 Å². The number of carbonyl (C=O) groups is 2. The molecule has 1 unspecified atom stereocenters. The number of hydrogen-bond donors (Lipinski definition) is 2. The summed E-state index contributed by atoms with van der Waals surface area (Å²) < 4.78 is 0. The van der Waals surface area contributed by atoms with Crippen LogP contribution in [0, 0.1) is 6.92 Å². The summed E-state index contributed by atoms with van der Waals surface area (Å²) in [6.07, 6.45) is 2.32. The van der Waals surface area contributed by atoms with Crippen molar-refractivity contribution in [3.8, 4) is 0 Å². The summed E-state index contributed by atoms with van der Waals surface area (Å²) in [7, 11) is 0. The zero-order valence-corrected chi connectivity index (χ0v) is 15.4. The fraction of sp³-hybridized carbons (Fsp3) is 0.316. The molecule has 0 fully saturated rings. The van der Waals surface area contributed by atoms with Crippen molar-refractivity contribution in [1.82, 2.24) is 10.3 Å². The summed E-state index contributed by atoms with van der Waals surface area (Å²) in [5.41, 5.74) is 2.78. The lowest BCUT2D eigenvalue weighted by Crippen LogP contribution is -2.27. The van der Waals surface area contributed by atoms with Crippen LogP contribution in [0.15, 0.2) is 42.3 Å². The second-order valence-corrected chi connectivity index (χ2v) is 6.81. The van der Waals surface area contributed by atoms with Gasteiger partial charge in [-0.25, -0.2) is 4.98 Å². The van der Waals surface area contributed by atoms with Crippen molar-refractivity contribution < 1.29 is 9.59 Å². The molecule has 1 atom stereocenters. The molecule has 5 nitrogen and oxygen atoms in total. The molecule has 2 amide bonds. The number of nitrogens with zero attached hydrogens (tertiary/aromatic N) is 1. The minimum absolute atomic E-state index is 0.0316. The Kier molecular flexibility index (Phi) is 6.89. The lowest BCUT2D eigenvalue weighted by Gasteiger charge is -2.10. The molecule has 1 aromatic heterocycles. The topological polar surface area (TPSA) is 71.1 Å². The van der Waals surface area contributed by atoms with Gasteiger partial charge in [0, 0.05) is 35.6 Å². The van der Waals surface area contributed by atoms with E-state index in [1.165, 1.54) is 6.08 Å². The number of rotatable bonds is 8. The first-order valence-electron chi connectivity index (χ1n) is 8.19. The van der Waals surface area contributed by atoms with Crippen molar-refractivity contribution in [2.75, 3.05) is 11.9 Å². The van der Waals surface area contributed by atoms with Crippen molar-refractivity contribution in [1.29, 1.82) is 0 Å². The highest BCUT2D eigenvalue weighted by atomic mass is 32.1. The zero-order valence-electron chi connectivity index (χ0n) is 14.5. The molecule has 1 aromatic carbocycles. The van der Waals surface area contributed by atoms with Gasteiger partial charge in [0.2, 0.25) is 11.8 Å². The van der Waals surface area contributed by atoms with Gasteiger partial charge < -0.3 is 10.6 Å². The van der Waals surface area contributed by atoms with E-state index in [1.54, 1.807) is 11.3 Å². The third-order valence-corrected chi connectivity index (χ3v) is 4.91. The lowest BCUT2D eigenvalue weighted by molar-refractivity contribution is -0.121. The van der Waals surface area contributed by atoms with Crippen LogP contribution in [0.1, 0.15) is 35.5 Å². The van der Waals surface area contributed by atoms with E-state index < -0.39 is 0 Å². The average Bonchev–Trinajstić information content (AvgIpc) is 3.05. The molecular formula is C19H23N3O2S. The number of hydrogen-bond acceptors (Lipinski definition) is 4. The van der Waals surface area contributed by atoms with Gasteiger partial charge in [-0.05, 0) is 37.1 Å². The van der Waals surface area contributed by atoms with Gasteiger partial charge in [-0.3, -0.25) is 9.59 Å². The first kappa shape index (κ1) is 18.9. The Hall–Kier alpha value is -2.47. The summed E-state index contributed by atoms with van der Waals surface area (Å²) in [6.45, 7) is 8.05. The molecule has 0 aliphatic rings. The van der Waals surface area contributed by atoms with E-state index in [-0.39, 0.29) is 17.7 Å². The van der Waals surface area contributed by atoms with Crippen LogP contribution in [0.3, 0.4) is 0 Å². The minimum atomic E-state index is -0.239. The predicted octanol–water partition coefficient (Wildman–Crippen LogP) is 3.43. The van der Waals surface area contributed by atoms with Crippen LogP contribution < -0.4 is 10.6 Å².